The largest absolute Gasteiger partial charge is 0.466 e. The highest BCUT2D eigenvalue weighted by Crippen LogP contribution is 2.14. The SMILES string of the molecule is CCOC(=O)C(CC)CCCC(=O)Cl. The van der Waals surface area contributed by atoms with Crippen LogP contribution in [0.1, 0.15) is 39.5 Å². The molecule has 0 fully saturated rings. The van der Waals surface area contributed by atoms with Gasteiger partial charge in [-0.1, -0.05) is 6.92 Å². The van der Waals surface area contributed by atoms with E-state index in [1.165, 1.54) is 0 Å². The Morgan fingerprint density at radius 1 is 1.36 bits per heavy atom. The smallest absolute Gasteiger partial charge is 0.308 e. The summed E-state index contributed by atoms with van der Waals surface area (Å²) in [7, 11) is 0. The van der Waals surface area contributed by atoms with Crippen LogP contribution in [0.15, 0.2) is 0 Å². The Hall–Kier alpha value is -0.570. The second-order valence-electron chi connectivity index (χ2n) is 3.10. The van der Waals surface area contributed by atoms with E-state index in [0.717, 1.165) is 6.42 Å². The first-order chi connectivity index (χ1) is 6.61. The molecule has 0 N–H and O–H groups in total. The maximum atomic E-state index is 11.3. The molecule has 0 aromatic heterocycles. The number of rotatable bonds is 7. The minimum absolute atomic E-state index is 0.0917. The van der Waals surface area contributed by atoms with Gasteiger partial charge in [0, 0.05) is 6.42 Å². The first kappa shape index (κ1) is 13.4. The van der Waals surface area contributed by atoms with E-state index in [1.54, 1.807) is 6.92 Å². The van der Waals surface area contributed by atoms with Crippen molar-refractivity contribution in [2.75, 3.05) is 6.61 Å². The molecule has 0 aromatic rings. The van der Waals surface area contributed by atoms with E-state index in [0.29, 0.717) is 25.9 Å². The van der Waals surface area contributed by atoms with Crippen molar-refractivity contribution < 1.29 is 14.3 Å². The third kappa shape index (κ3) is 5.97. The van der Waals surface area contributed by atoms with E-state index in [4.69, 9.17) is 16.3 Å². The van der Waals surface area contributed by atoms with Crippen LogP contribution in [0.25, 0.3) is 0 Å². The molecule has 3 nitrogen and oxygen atoms in total. The second-order valence-corrected chi connectivity index (χ2v) is 3.53. The van der Waals surface area contributed by atoms with Gasteiger partial charge in [0.25, 0.3) is 0 Å². The highest BCUT2D eigenvalue weighted by atomic mass is 35.5. The second kappa shape index (κ2) is 7.80. The first-order valence-electron chi connectivity index (χ1n) is 4.96. The summed E-state index contributed by atoms with van der Waals surface area (Å²) in [5.41, 5.74) is 0. The molecule has 0 bridgehead atoms. The van der Waals surface area contributed by atoms with Gasteiger partial charge in [0.2, 0.25) is 5.24 Å². The Morgan fingerprint density at radius 2 is 2.00 bits per heavy atom. The van der Waals surface area contributed by atoms with E-state index in [-0.39, 0.29) is 17.1 Å². The summed E-state index contributed by atoms with van der Waals surface area (Å²) in [6.07, 6.45) is 2.40. The molecular formula is C10H17ClO3. The molecule has 0 saturated heterocycles. The summed E-state index contributed by atoms with van der Waals surface area (Å²) >= 11 is 5.19. The third-order valence-corrected chi connectivity index (χ3v) is 2.23. The van der Waals surface area contributed by atoms with Crippen LogP contribution in [0.2, 0.25) is 0 Å². The van der Waals surface area contributed by atoms with Crippen LogP contribution in [0, 0.1) is 5.92 Å². The minimum Gasteiger partial charge on any atom is -0.466 e. The van der Waals surface area contributed by atoms with Crippen molar-refractivity contribution in [2.24, 2.45) is 5.92 Å². The molecule has 0 rings (SSSR count). The Labute approximate surface area is 89.8 Å². The summed E-state index contributed by atoms with van der Waals surface area (Å²) < 4.78 is 4.90. The highest BCUT2D eigenvalue weighted by Gasteiger charge is 2.17. The van der Waals surface area contributed by atoms with Gasteiger partial charge in [-0.3, -0.25) is 9.59 Å². The molecule has 0 aliphatic heterocycles. The highest BCUT2D eigenvalue weighted by molar-refractivity contribution is 6.63. The minimum atomic E-state index is -0.344. The number of halogens is 1. The molecule has 4 heteroatoms. The van der Waals surface area contributed by atoms with Gasteiger partial charge in [-0.05, 0) is 37.8 Å². The lowest BCUT2D eigenvalue weighted by molar-refractivity contribution is -0.148. The summed E-state index contributed by atoms with van der Waals surface area (Å²) in [6, 6.07) is 0. The lowest BCUT2D eigenvalue weighted by Crippen LogP contribution is -2.17. The maximum Gasteiger partial charge on any atom is 0.308 e. The van der Waals surface area contributed by atoms with Gasteiger partial charge < -0.3 is 4.74 Å². The van der Waals surface area contributed by atoms with Crippen molar-refractivity contribution in [2.45, 2.75) is 39.5 Å². The van der Waals surface area contributed by atoms with Gasteiger partial charge in [0.05, 0.1) is 12.5 Å². The van der Waals surface area contributed by atoms with Gasteiger partial charge in [0.15, 0.2) is 0 Å². The average molecular weight is 221 g/mol. The third-order valence-electron chi connectivity index (χ3n) is 2.04. The van der Waals surface area contributed by atoms with Gasteiger partial charge in [-0.2, -0.15) is 0 Å². The zero-order valence-corrected chi connectivity index (χ0v) is 9.47. The van der Waals surface area contributed by atoms with Crippen LogP contribution in [0.4, 0.5) is 0 Å². The van der Waals surface area contributed by atoms with Crippen LogP contribution in [-0.4, -0.2) is 17.8 Å². The van der Waals surface area contributed by atoms with Crippen molar-refractivity contribution in [3.8, 4) is 0 Å². The molecule has 0 radical (unpaired) electrons. The number of carbonyl (C=O) groups is 2. The normalized spacial score (nSPS) is 12.2. The maximum absolute atomic E-state index is 11.3. The topological polar surface area (TPSA) is 43.4 Å². The van der Waals surface area contributed by atoms with Crippen molar-refractivity contribution in [1.82, 2.24) is 0 Å². The fourth-order valence-electron chi connectivity index (χ4n) is 1.24. The van der Waals surface area contributed by atoms with Gasteiger partial charge in [-0.15, -0.1) is 0 Å². The molecule has 82 valence electrons. The van der Waals surface area contributed by atoms with Crippen molar-refractivity contribution in [1.29, 1.82) is 0 Å². The van der Waals surface area contributed by atoms with Crippen LogP contribution < -0.4 is 0 Å². The van der Waals surface area contributed by atoms with Crippen LogP contribution in [0.3, 0.4) is 0 Å². The average Bonchev–Trinajstić information content (AvgIpc) is 2.12. The zero-order valence-electron chi connectivity index (χ0n) is 8.72. The number of hydrogen-bond donors (Lipinski definition) is 0. The van der Waals surface area contributed by atoms with Gasteiger partial charge in [0.1, 0.15) is 0 Å². The van der Waals surface area contributed by atoms with Crippen molar-refractivity contribution in [3.63, 3.8) is 0 Å². The predicted octanol–water partition coefficient (Wildman–Crippen LogP) is 2.51. The van der Waals surface area contributed by atoms with Crippen LogP contribution in [0.5, 0.6) is 0 Å². The van der Waals surface area contributed by atoms with E-state index in [1.807, 2.05) is 6.92 Å². The number of hydrogen-bond acceptors (Lipinski definition) is 3. The van der Waals surface area contributed by atoms with E-state index in [9.17, 15) is 9.59 Å². The zero-order chi connectivity index (χ0) is 11.0. The Bertz CT molecular complexity index is 192. The Balaban J connectivity index is 3.78. The molecule has 0 heterocycles. The van der Waals surface area contributed by atoms with Gasteiger partial charge in [-0.25, -0.2) is 0 Å². The van der Waals surface area contributed by atoms with Crippen LogP contribution >= 0.6 is 11.6 Å². The molecule has 0 aliphatic carbocycles. The lowest BCUT2D eigenvalue weighted by atomic mass is 10.00. The number of esters is 1. The van der Waals surface area contributed by atoms with E-state index >= 15 is 0 Å². The fourth-order valence-corrected chi connectivity index (χ4v) is 1.37. The predicted molar refractivity (Wildman–Crippen MR) is 55.1 cm³/mol. The summed E-state index contributed by atoms with van der Waals surface area (Å²) in [5.74, 6) is -0.261. The van der Waals surface area contributed by atoms with E-state index in [2.05, 4.69) is 0 Å². The standard InChI is InChI=1S/C10H17ClO3/c1-3-8(10(13)14-4-2)6-5-7-9(11)12/h8H,3-7H2,1-2H3. The molecule has 0 aliphatic rings. The monoisotopic (exact) mass is 220 g/mol. The van der Waals surface area contributed by atoms with E-state index < -0.39 is 0 Å². The van der Waals surface area contributed by atoms with Crippen molar-refractivity contribution in [3.05, 3.63) is 0 Å². The molecule has 1 unspecified atom stereocenters. The molecule has 0 spiro atoms. The molecule has 0 aromatic carbocycles. The number of ether oxygens (including phenoxy) is 1. The molecule has 14 heavy (non-hydrogen) atoms. The molecular weight excluding hydrogens is 204 g/mol. The first-order valence-corrected chi connectivity index (χ1v) is 5.34. The summed E-state index contributed by atoms with van der Waals surface area (Å²) in [4.78, 5) is 21.8. The molecule has 0 amide bonds. The number of carbonyl (C=O) groups excluding carboxylic acids is 2. The quantitative estimate of drug-likeness (QED) is 0.489. The Morgan fingerprint density at radius 3 is 2.43 bits per heavy atom. The van der Waals surface area contributed by atoms with Crippen LogP contribution in [-0.2, 0) is 14.3 Å². The summed E-state index contributed by atoms with van der Waals surface area (Å²) in [6.45, 7) is 4.13. The summed E-state index contributed by atoms with van der Waals surface area (Å²) in [5, 5.41) is -0.344. The van der Waals surface area contributed by atoms with Gasteiger partial charge >= 0.3 is 5.97 Å². The van der Waals surface area contributed by atoms with Crippen molar-refractivity contribution >= 4 is 22.8 Å². The lowest BCUT2D eigenvalue weighted by Gasteiger charge is -2.12. The fraction of sp³-hybridized carbons (Fsp3) is 0.800. The molecule has 0 saturated carbocycles. The Kier molecular flexibility index (Phi) is 7.48. The molecule has 1 atom stereocenters.